The number of fused-ring (bicyclic) bond motifs is 2. The molecule has 0 radical (unpaired) electrons. The normalized spacial score (nSPS) is 10.8. The number of rotatable bonds is 6. The van der Waals surface area contributed by atoms with E-state index in [1.54, 1.807) is 11.4 Å². The van der Waals surface area contributed by atoms with E-state index in [4.69, 9.17) is 0 Å². The summed E-state index contributed by atoms with van der Waals surface area (Å²) in [7, 11) is 0. The minimum atomic E-state index is -0.310. The van der Waals surface area contributed by atoms with Gasteiger partial charge < -0.3 is 16.0 Å². The Bertz CT molecular complexity index is 1600. The number of nitrogens with zero attached hydrogens (tertiary/aromatic N) is 2. The summed E-state index contributed by atoms with van der Waals surface area (Å²) in [5.74, 6) is -0.00491. The molecule has 0 bridgehead atoms. The van der Waals surface area contributed by atoms with Crippen LogP contribution in [-0.2, 0) is 4.79 Å². The quantitative estimate of drug-likeness (QED) is 0.249. The molecule has 0 saturated heterocycles. The van der Waals surface area contributed by atoms with E-state index in [1.807, 2.05) is 61.5 Å². The van der Waals surface area contributed by atoms with Gasteiger partial charge >= 0.3 is 0 Å². The molecule has 0 aliphatic rings. The summed E-state index contributed by atoms with van der Waals surface area (Å²) in [6.07, 6.45) is 2.64. The van der Waals surface area contributed by atoms with Crippen molar-refractivity contribution in [3.8, 4) is 0 Å². The fourth-order valence-electron chi connectivity index (χ4n) is 3.87. The van der Waals surface area contributed by atoms with E-state index in [1.165, 1.54) is 23.7 Å². The fraction of sp³-hybridized carbons (Fsp3) is 0.0370. The van der Waals surface area contributed by atoms with Crippen molar-refractivity contribution in [2.24, 2.45) is 0 Å². The summed E-state index contributed by atoms with van der Waals surface area (Å²) >= 11 is 1.38. The van der Waals surface area contributed by atoms with Crippen LogP contribution in [0.1, 0.15) is 15.9 Å². The van der Waals surface area contributed by atoms with Crippen LogP contribution in [0.3, 0.4) is 0 Å². The number of hydrogen-bond donors (Lipinski definition) is 3. The molecule has 0 fully saturated rings. The number of para-hydroxylation sites is 1. The molecule has 2 aromatic heterocycles. The molecule has 172 valence electrons. The third-order valence-electron chi connectivity index (χ3n) is 5.60. The van der Waals surface area contributed by atoms with Crippen molar-refractivity contribution in [1.82, 2.24) is 9.97 Å². The first-order valence-corrected chi connectivity index (χ1v) is 11.7. The van der Waals surface area contributed by atoms with Gasteiger partial charge in [-0.15, -0.1) is 11.3 Å². The first-order chi connectivity index (χ1) is 17.0. The lowest BCUT2D eigenvalue weighted by Crippen LogP contribution is -2.12. The van der Waals surface area contributed by atoms with Crippen LogP contribution in [0.4, 0.5) is 22.9 Å². The van der Waals surface area contributed by atoms with Crippen LogP contribution in [0.25, 0.3) is 21.0 Å². The zero-order valence-electron chi connectivity index (χ0n) is 18.8. The van der Waals surface area contributed by atoms with Crippen LogP contribution < -0.4 is 16.0 Å². The van der Waals surface area contributed by atoms with Gasteiger partial charge in [0.2, 0.25) is 5.91 Å². The molecule has 3 aromatic carbocycles. The zero-order chi connectivity index (χ0) is 24.4. The number of benzene rings is 3. The molecular weight excluding hydrogens is 458 g/mol. The first kappa shape index (κ1) is 22.2. The second kappa shape index (κ2) is 9.36. The summed E-state index contributed by atoms with van der Waals surface area (Å²) in [6.45, 7) is 5.44. The highest BCUT2D eigenvalue weighted by molar-refractivity contribution is 7.18. The Morgan fingerprint density at radius 3 is 2.57 bits per heavy atom. The van der Waals surface area contributed by atoms with Crippen molar-refractivity contribution in [2.75, 3.05) is 16.0 Å². The van der Waals surface area contributed by atoms with E-state index in [0.717, 1.165) is 26.7 Å². The average molecular weight is 480 g/mol. The summed E-state index contributed by atoms with van der Waals surface area (Å²) in [4.78, 5) is 33.9. The number of aryl methyl sites for hydroxylation is 1. The van der Waals surface area contributed by atoms with E-state index >= 15 is 0 Å². The third kappa shape index (κ3) is 4.34. The Hall–Kier alpha value is -4.56. The SMILES string of the molecule is C=CC(=O)Nc1cccc(C)c1Nc1ncnc2c(C(=O)Nc3cccc4ccccc34)csc12. The van der Waals surface area contributed by atoms with Crippen molar-refractivity contribution in [3.63, 3.8) is 0 Å². The van der Waals surface area contributed by atoms with Gasteiger partial charge in [-0.3, -0.25) is 9.59 Å². The summed E-state index contributed by atoms with van der Waals surface area (Å²) < 4.78 is 0.736. The number of hydrogen-bond acceptors (Lipinski definition) is 6. The molecule has 8 heteroatoms. The number of thiophene rings is 1. The van der Waals surface area contributed by atoms with Crippen LogP contribution in [0.5, 0.6) is 0 Å². The number of anilines is 4. The van der Waals surface area contributed by atoms with Gasteiger partial charge in [0.15, 0.2) is 5.82 Å². The van der Waals surface area contributed by atoms with E-state index in [2.05, 4.69) is 32.5 Å². The Morgan fingerprint density at radius 2 is 1.71 bits per heavy atom. The Labute approximate surface area is 205 Å². The third-order valence-corrected chi connectivity index (χ3v) is 6.57. The highest BCUT2D eigenvalue weighted by Gasteiger charge is 2.18. The first-order valence-electron chi connectivity index (χ1n) is 10.9. The minimum absolute atomic E-state index is 0.243. The molecule has 0 atom stereocenters. The lowest BCUT2D eigenvalue weighted by Gasteiger charge is -2.15. The number of nitrogens with one attached hydrogen (secondary N) is 3. The van der Waals surface area contributed by atoms with Crippen LogP contribution in [-0.4, -0.2) is 21.8 Å². The lowest BCUT2D eigenvalue weighted by atomic mass is 10.1. The molecule has 5 rings (SSSR count). The van der Waals surface area contributed by atoms with E-state index in [-0.39, 0.29) is 11.8 Å². The number of carbonyl (C=O) groups excluding carboxylic acids is 2. The van der Waals surface area contributed by atoms with Gasteiger partial charge in [-0.25, -0.2) is 9.97 Å². The van der Waals surface area contributed by atoms with Gasteiger partial charge in [0, 0.05) is 16.5 Å². The number of carbonyl (C=O) groups is 2. The minimum Gasteiger partial charge on any atom is -0.337 e. The van der Waals surface area contributed by atoms with Gasteiger partial charge in [0.05, 0.1) is 27.2 Å². The predicted octanol–water partition coefficient (Wildman–Crippen LogP) is 6.27. The zero-order valence-corrected chi connectivity index (χ0v) is 19.6. The lowest BCUT2D eigenvalue weighted by molar-refractivity contribution is -0.111. The molecule has 0 unspecified atom stereocenters. The van der Waals surface area contributed by atoms with Crippen LogP contribution in [0.2, 0.25) is 0 Å². The van der Waals surface area contributed by atoms with Crippen molar-refractivity contribution < 1.29 is 9.59 Å². The molecular formula is C27H21N5O2S. The second-order valence-electron chi connectivity index (χ2n) is 7.85. The van der Waals surface area contributed by atoms with Gasteiger partial charge in [-0.2, -0.15) is 0 Å². The largest absolute Gasteiger partial charge is 0.337 e. The monoisotopic (exact) mass is 479 g/mol. The smallest absolute Gasteiger partial charge is 0.258 e. The molecule has 3 N–H and O–H groups in total. The topological polar surface area (TPSA) is 96.0 Å². The van der Waals surface area contributed by atoms with Gasteiger partial charge in [-0.1, -0.05) is 55.1 Å². The van der Waals surface area contributed by atoms with E-state index in [9.17, 15) is 9.59 Å². The van der Waals surface area contributed by atoms with Gasteiger partial charge in [-0.05, 0) is 36.1 Å². The maximum Gasteiger partial charge on any atom is 0.258 e. The molecule has 2 amide bonds. The van der Waals surface area contributed by atoms with Crippen LogP contribution >= 0.6 is 11.3 Å². The Balaban J connectivity index is 1.48. The van der Waals surface area contributed by atoms with Crippen molar-refractivity contribution in [3.05, 3.63) is 96.2 Å². The number of amides is 2. The van der Waals surface area contributed by atoms with Crippen molar-refractivity contribution >= 4 is 67.0 Å². The summed E-state index contributed by atoms with van der Waals surface area (Å²) in [5.41, 5.74) is 3.99. The van der Waals surface area contributed by atoms with Gasteiger partial charge in [0.25, 0.3) is 5.91 Å². The Kier molecular flexibility index (Phi) is 5.95. The van der Waals surface area contributed by atoms with Gasteiger partial charge in [0.1, 0.15) is 6.33 Å². The standard InChI is InChI=1S/C27H21N5O2S/c1-3-22(33)30-21-13-6-8-16(2)23(21)32-26-25-24(28-15-29-26)19(14-35-25)27(34)31-20-12-7-10-17-9-4-5-11-18(17)20/h3-15H,1H2,2H3,(H,30,33)(H,31,34)(H,28,29,32). The molecule has 0 aliphatic heterocycles. The molecule has 7 nitrogen and oxygen atoms in total. The molecule has 0 saturated carbocycles. The van der Waals surface area contributed by atoms with Crippen LogP contribution in [0.15, 0.2) is 85.0 Å². The molecule has 0 spiro atoms. The maximum absolute atomic E-state index is 13.2. The van der Waals surface area contributed by atoms with Crippen molar-refractivity contribution in [2.45, 2.75) is 6.92 Å². The molecule has 35 heavy (non-hydrogen) atoms. The van der Waals surface area contributed by atoms with E-state index < -0.39 is 0 Å². The summed E-state index contributed by atoms with van der Waals surface area (Å²) in [5, 5.41) is 12.9. The maximum atomic E-state index is 13.2. The van der Waals surface area contributed by atoms with Crippen molar-refractivity contribution in [1.29, 1.82) is 0 Å². The predicted molar refractivity (Wildman–Crippen MR) is 143 cm³/mol. The number of aromatic nitrogens is 2. The van der Waals surface area contributed by atoms with Crippen LogP contribution in [0, 0.1) is 6.92 Å². The molecule has 0 aliphatic carbocycles. The van der Waals surface area contributed by atoms with E-state index in [0.29, 0.717) is 28.3 Å². The summed E-state index contributed by atoms with van der Waals surface area (Å²) in [6, 6.07) is 19.3. The highest BCUT2D eigenvalue weighted by atomic mass is 32.1. The molecule has 5 aromatic rings. The average Bonchev–Trinajstić information content (AvgIpc) is 3.31. The highest BCUT2D eigenvalue weighted by Crippen LogP contribution is 2.35. The Morgan fingerprint density at radius 1 is 0.943 bits per heavy atom. The fourth-order valence-corrected chi connectivity index (χ4v) is 4.81. The second-order valence-corrected chi connectivity index (χ2v) is 8.73. The molecule has 2 heterocycles.